The van der Waals surface area contributed by atoms with Crippen LogP contribution in [0.4, 0.5) is 0 Å². The fourth-order valence-corrected chi connectivity index (χ4v) is 1.49. The van der Waals surface area contributed by atoms with Crippen LogP contribution in [0.5, 0.6) is 17.2 Å². The van der Waals surface area contributed by atoms with Gasteiger partial charge >= 0.3 is 0 Å². The number of ether oxygens (including phenoxy) is 3. The lowest BCUT2D eigenvalue weighted by Gasteiger charge is -2.13. The van der Waals surface area contributed by atoms with E-state index in [0.29, 0.717) is 17.2 Å². The van der Waals surface area contributed by atoms with Gasteiger partial charge in [0.25, 0.3) is 0 Å². The van der Waals surface area contributed by atoms with E-state index in [1.54, 1.807) is 21.3 Å². The maximum absolute atomic E-state index is 5.21. The summed E-state index contributed by atoms with van der Waals surface area (Å²) in [6, 6.07) is 3.88. The zero-order valence-electron chi connectivity index (χ0n) is 8.66. The van der Waals surface area contributed by atoms with Gasteiger partial charge in [-0.05, 0) is 23.9 Å². The lowest BCUT2D eigenvalue weighted by Crippen LogP contribution is -1.96. The van der Waals surface area contributed by atoms with Crippen molar-refractivity contribution in [3.8, 4) is 17.2 Å². The first kappa shape index (κ1) is 11.1. The molecule has 0 amide bonds. The fourth-order valence-electron chi connectivity index (χ4n) is 1.25. The molecule has 14 heavy (non-hydrogen) atoms. The molecule has 1 aromatic rings. The summed E-state index contributed by atoms with van der Waals surface area (Å²) in [5, 5.41) is 0. The van der Waals surface area contributed by atoms with E-state index in [0.717, 1.165) is 11.7 Å². The van der Waals surface area contributed by atoms with Crippen LogP contribution in [0.25, 0.3) is 0 Å². The molecule has 78 valence electrons. The monoisotopic (exact) mass is 214 g/mol. The number of rotatable bonds is 4. The highest BCUT2D eigenvalue weighted by Crippen LogP contribution is 2.38. The first-order chi connectivity index (χ1) is 6.76. The molecule has 0 aliphatic heterocycles. The summed E-state index contributed by atoms with van der Waals surface area (Å²) in [5.74, 6) is 2.03. The predicted octanol–water partition coefficient (Wildman–Crippen LogP) is 2.09. The Labute approximate surface area is 86.6 Å². The Morgan fingerprint density at radius 2 is 1.50 bits per heavy atom. The van der Waals surface area contributed by atoms with Gasteiger partial charge < -0.3 is 14.2 Å². The van der Waals surface area contributed by atoms with Crippen LogP contribution in [0.1, 0.15) is 5.56 Å². The molecule has 0 N–H and O–H groups in total. The molecule has 0 fully saturated rings. The van der Waals surface area contributed by atoms with Crippen LogP contribution in [0.15, 0.2) is 12.1 Å². The molecule has 3 nitrogen and oxygen atoms in total. The molecule has 0 saturated carbocycles. The molecule has 1 atom stereocenters. The molecule has 0 heterocycles. The average molecular weight is 214 g/mol. The topological polar surface area (TPSA) is 27.7 Å². The van der Waals surface area contributed by atoms with Gasteiger partial charge in [0.05, 0.1) is 21.3 Å². The maximum Gasteiger partial charge on any atom is 0.203 e. The molecule has 1 rings (SSSR count). The second kappa shape index (κ2) is 5.06. The van der Waals surface area contributed by atoms with Gasteiger partial charge in [0.1, 0.15) is 0 Å². The molecule has 0 aromatic heterocycles. The van der Waals surface area contributed by atoms with Crippen molar-refractivity contribution in [2.24, 2.45) is 0 Å². The summed E-state index contributed by atoms with van der Waals surface area (Å²) in [6.07, 6.45) is 0.858. The highest BCUT2D eigenvalue weighted by atomic mass is 31.0. The third-order valence-electron chi connectivity index (χ3n) is 1.96. The number of methoxy groups -OCH3 is 3. The van der Waals surface area contributed by atoms with Crippen molar-refractivity contribution in [1.29, 1.82) is 0 Å². The number of hydrogen-bond acceptors (Lipinski definition) is 3. The molecule has 0 aliphatic rings. The lowest BCUT2D eigenvalue weighted by atomic mass is 10.2. The largest absolute Gasteiger partial charge is 0.493 e. The highest BCUT2D eigenvalue weighted by molar-refractivity contribution is 7.15. The SMILES string of the molecule is COc1cc(CP)cc(OC)c1OC. The van der Waals surface area contributed by atoms with Crippen LogP contribution in [0, 0.1) is 0 Å². The van der Waals surface area contributed by atoms with Crippen molar-refractivity contribution in [2.45, 2.75) is 6.16 Å². The Hall–Kier alpha value is -0.950. The van der Waals surface area contributed by atoms with E-state index in [9.17, 15) is 0 Å². The van der Waals surface area contributed by atoms with Gasteiger partial charge in [0.2, 0.25) is 5.75 Å². The molecule has 0 saturated heterocycles. The number of benzene rings is 1. The van der Waals surface area contributed by atoms with Crippen LogP contribution in [-0.2, 0) is 6.16 Å². The first-order valence-corrected chi connectivity index (χ1v) is 5.07. The van der Waals surface area contributed by atoms with E-state index in [1.807, 2.05) is 12.1 Å². The summed E-state index contributed by atoms with van der Waals surface area (Å²) in [7, 11) is 7.49. The van der Waals surface area contributed by atoms with Crippen molar-refractivity contribution in [3.05, 3.63) is 17.7 Å². The summed E-state index contributed by atoms with van der Waals surface area (Å²) in [5.41, 5.74) is 1.13. The van der Waals surface area contributed by atoms with E-state index in [2.05, 4.69) is 9.24 Å². The molecule has 4 heteroatoms. The van der Waals surface area contributed by atoms with E-state index in [-0.39, 0.29) is 0 Å². The van der Waals surface area contributed by atoms with Crippen molar-refractivity contribution in [1.82, 2.24) is 0 Å². The Morgan fingerprint density at radius 3 is 1.79 bits per heavy atom. The van der Waals surface area contributed by atoms with Gasteiger partial charge in [0, 0.05) is 0 Å². The van der Waals surface area contributed by atoms with Crippen LogP contribution in [-0.4, -0.2) is 21.3 Å². The minimum absolute atomic E-state index is 0.636. The highest BCUT2D eigenvalue weighted by Gasteiger charge is 2.11. The van der Waals surface area contributed by atoms with Crippen molar-refractivity contribution >= 4 is 9.24 Å². The Balaban J connectivity index is 3.24. The Bertz CT molecular complexity index is 287. The van der Waals surface area contributed by atoms with Crippen LogP contribution in [0.3, 0.4) is 0 Å². The summed E-state index contributed by atoms with van der Waals surface area (Å²) < 4.78 is 15.6. The molecule has 0 aliphatic carbocycles. The molecule has 0 radical (unpaired) electrons. The molecule has 0 bridgehead atoms. The quantitative estimate of drug-likeness (QED) is 0.718. The van der Waals surface area contributed by atoms with E-state index < -0.39 is 0 Å². The van der Waals surface area contributed by atoms with Gasteiger partial charge in [-0.3, -0.25) is 0 Å². The number of hydrogen-bond donors (Lipinski definition) is 0. The summed E-state index contributed by atoms with van der Waals surface area (Å²) in [6.45, 7) is 0. The zero-order valence-corrected chi connectivity index (χ0v) is 9.82. The smallest absolute Gasteiger partial charge is 0.203 e. The molecule has 1 unspecified atom stereocenters. The van der Waals surface area contributed by atoms with Crippen LogP contribution < -0.4 is 14.2 Å². The van der Waals surface area contributed by atoms with Gasteiger partial charge in [-0.15, -0.1) is 9.24 Å². The van der Waals surface area contributed by atoms with Gasteiger partial charge in [-0.1, -0.05) is 0 Å². The Kier molecular flexibility index (Phi) is 4.02. The second-order valence-corrected chi connectivity index (χ2v) is 3.15. The van der Waals surface area contributed by atoms with E-state index in [4.69, 9.17) is 14.2 Å². The third kappa shape index (κ3) is 2.10. The zero-order chi connectivity index (χ0) is 10.6. The van der Waals surface area contributed by atoms with Crippen LogP contribution in [0.2, 0.25) is 0 Å². The first-order valence-electron chi connectivity index (χ1n) is 4.25. The fraction of sp³-hybridized carbons (Fsp3) is 0.400. The van der Waals surface area contributed by atoms with E-state index >= 15 is 0 Å². The lowest BCUT2D eigenvalue weighted by molar-refractivity contribution is 0.324. The molecular formula is C10H15O3P. The molecule has 1 aromatic carbocycles. The van der Waals surface area contributed by atoms with E-state index in [1.165, 1.54) is 0 Å². The standard InChI is InChI=1S/C10H15O3P/c1-11-8-4-7(6-14)5-9(12-2)10(8)13-3/h4-5H,6,14H2,1-3H3. The summed E-state index contributed by atoms with van der Waals surface area (Å²) in [4.78, 5) is 0. The van der Waals surface area contributed by atoms with Crippen LogP contribution >= 0.6 is 9.24 Å². The predicted molar refractivity (Wildman–Crippen MR) is 59.5 cm³/mol. The van der Waals surface area contributed by atoms with Crippen molar-refractivity contribution in [2.75, 3.05) is 21.3 Å². The summed E-state index contributed by atoms with van der Waals surface area (Å²) >= 11 is 0. The maximum atomic E-state index is 5.21. The minimum Gasteiger partial charge on any atom is -0.493 e. The molecular weight excluding hydrogens is 199 g/mol. The Morgan fingerprint density at radius 1 is 1.00 bits per heavy atom. The van der Waals surface area contributed by atoms with Gasteiger partial charge in [0.15, 0.2) is 11.5 Å². The normalized spacial score (nSPS) is 9.71. The average Bonchev–Trinajstić information content (AvgIpc) is 2.26. The van der Waals surface area contributed by atoms with Crippen molar-refractivity contribution in [3.63, 3.8) is 0 Å². The van der Waals surface area contributed by atoms with Crippen molar-refractivity contribution < 1.29 is 14.2 Å². The third-order valence-corrected chi connectivity index (χ3v) is 2.43. The molecule has 0 spiro atoms. The van der Waals surface area contributed by atoms with Gasteiger partial charge in [-0.2, -0.15) is 0 Å². The second-order valence-electron chi connectivity index (χ2n) is 2.74. The van der Waals surface area contributed by atoms with Gasteiger partial charge in [-0.25, -0.2) is 0 Å². The minimum atomic E-state index is 0.636.